The zero-order valence-corrected chi connectivity index (χ0v) is 36.2. The average Bonchev–Trinajstić information content (AvgIpc) is 4.08. The number of aromatic amines is 1. The Bertz CT molecular complexity index is 2510. The van der Waals surface area contributed by atoms with Gasteiger partial charge in [-0.25, -0.2) is 9.97 Å². The van der Waals surface area contributed by atoms with E-state index in [4.69, 9.17) is 9.47 Å². The Labute approximate surface area is 364 Å². The highest BCUT2D eigenvalue weighted by molar-refractivity contribution is 7.13. The second kappa shape index (κ2) is 19.2. The Hall–Kier alpha value is -6.87. The van der Waals surface area contributed by atoms with Crippen molar-refractivity contribution >= 4 is 40.7 Å². The number of pyridine rings is 1. The number of benzene rings is 3. The van der Waals surface area contributed by atoms with Crippen LogP contribution in [-0.4, -0.2) is 81.0 Å². The summed E-state index contributed by atoms with van der Waals surface area (Å²) >= 11 is 1.59. The molecule has 0 spiro atoms. The summed E-state index contributed by atoms with van der Waals surface area (Å²) in [5, 5.41) is 15.7. The number of thiazole rings is 1. The number of likely N-dealkylation sites (tertiary alicyclic amines) is 1. The first-order valence-corrected chi connectivity index (χ1v) is 21.3. The molecule has 7 rings (SSSR count). The van der Waals surface area contributed by atoms with Crippen molar-refractivity contribution in [3.63, 3.8) is 0 Å². The van der Waals surface area contributed by atoms with Crippen LogP contribution in [0, 0.1) is 12.3 Å². The molecule has 0 radical (unpaired) electrons. The number of carbonyl (C=O) groups excluding carboxylic acids is 4. The Morgan fingerprint density at radius 2 is 1.71 bits per heavy atom. The van der Waals surface area contributed by atoms with Crippen LogP contribution in [0.4, 0.5) is 5.69 Å². The second-order valence-electron chi connectivity index (χ2n) is 16.1. The molecule has 15 heteroatoms. The molecular formula is C47H50N8O6S. The van der Waals surface area contributed by atoms with Crippen molar-refractivity contribution in [1.29, 1.82) is 0 Å². The Morgan fingerprint density at radius 1 is 0.952 bits per heavy atom. The summed E-state index contributed by atoms with van der Waals surface area (Å²) in [6, 6.07) is 26.4. The van der Waals surface area contributed by atoms with Crippen LogP contribution in [0.25, 0.3) is 33.0 Å². The molecule has 1 aliphatic rings. The fourth-order valence-electron chi connectivity index (χ4n) is 7.29. The van der Waals surface area contributed by atoms with Crippen molar-refractivity contribution in [2.24, 2.45) is 5.41 Å². The van der Waals surface area contributed by atoms with Gasteiger partial charge in [0.25, 0.3) is 5.91 Å². The molecule has 320 valence electrons. The minimum Gasteiger partial charge on any atom is -0.495 e. The molecule has 0 aliphatic carbocycles. The molecule has 62 heavy (non-hydrogen) atoms. The SMILES string of the molecule is COc1cc(-c2ccc(OCCC(=O)N[C@H](C(=O)N3CCC[C@H]3C(=O)NCc3ccc(-c4scnc4C)cc3)C(C)(C)C)cc2)ccc1NC(=O)c1cccc(-c2ccn[nH]2)n1. The number of amides is 4. The lowest BCUT2D eigenvalue weighted by molar-refractivity contribution is -0.144. The molecule has 14 nitrogen and oxygen atoms in total. The zero-order valence-electron chi connectivity index (χ0n) is 35.4. The molecule has 0 bridgehead atoms. The molecule has 4 N–H and O–H groups in total. The molecule has 3 aromatic heterocycles. The maximum absolute atomic E-state index is 14.0. The summed E-state index contributed by atoms with van der Waals surface area (Å²) in [6.07, 6.45) is 2.90. The molecule has 6 aromatic rings. The Kier molecular flexibility index (Phi) is 13.4. The molecule has 4 heterocycles. The zero-order chi connectivity index (χ0) is 43.8. The maximum Gasteiger partial charge on any atom is 0.274 e. The van der Waals surface area contributed by atoms with Gasteiger partial charge in [-0.15, -0.1) is 11.3 Å². The fourth-order valence-corrected chi connectivity index (χ4v) is 8.10. The van der Waals surface area contributed by atoms with Crippen LogP contribution < -0.4 is 25.4 Å². The summed E-state index contributed by atoms with van der Waals surface area (Å²) in [4.78, 5) is 65.3. The standard InChI is InChI=1S/C47H50N8O6S/c1-29-42(62-28-49-29)32-13-11-30(12-14-32)27-48-45(58)39-10-7-24-55(39)46(59)43(47(2,3)4)53-41(56)22-25-61-34-18-15-31(16-19-34)33-17-20-37(40(26-33)60-5)52-44(57)38-9-6-8-35(51-38)36-21-23-50-54-36/h6,8-9,11-21,23,26,28,39,43H,7,10,22,24-25,27H2,1-5H3,(H,48,58)(H,50,54)(H,52,57)(H,53,56)/t39-,43+/m0/s1. The van der Waals surface area contributed by atoms with E-state index in [1.807, 2.05) is 93.9 Å². The number of rotatable bonds is 15. The van der Waals surface area contributed by atoms with Gasteiger partial charge < -0.3 is 30.3 Å². The van der Waals surface area contributed by atoms with Crippen molar-refractivity contribution in [1.82, 2.24) is 35.7 Å². The predicted molar refractivity (Wildman–Crippen MR) is 239 cm³/mol. The first-order valence-electron chi connectivity index (χ1n) is 20.4. The first kappa shape index (κ1) is 43.2. The van der Waals surface area contributed by atoms with E-state index in [2.05, 4.69) is 36.1 Å². The van der Waals surface area contributed by atoms with E-state index in [9.17, 15) is 19.2 Å². The Morgan fingerprint density at radius 3 is 2.40 bits per heavy atom. The third kappa shape index (κ3) is 10.3. The highest BCUT2D eigenvalue weighted by atomic mass is 32.1. The molecule has 1 fully saturated rings. The lowest BCUT2D eigenvalue weighted by Crippen LogP contribution is -2.57. The molecular weight excluding hydrogens is 805 g/mol. The molecule has 3 aromatic carbocycles. The summed E-state index contributed by atoms with van der Waals surface area (Å²) in [7, 11) is 1.54. The summed E-state index contributed by atoms with van der Waals surface area (Å²) < 4.78 is 11.5. The molecule has 4 amide bonds. The van der Waals surface area contributed by atoms with Crippen molar-refractivity contribution in [3.8, 4) is 44.5 Å². The summed E-state index contributed by atoms with van der Waals surface area (Å²) in [5.74, 6) is -0.147. The molecule has 1 saturated heterocycles. The maximum atomic E-state index is 14.0. The lowest BCUT2D eigenvalue weighted by atomic mass is 9.85. The van der Waals surface area contributed by atoms with E-state index in [0.717, 1.165) is 32.8 Å². The largest absolute Gasteiger partial charge is 0.495 e. The van der Waals surface area contributed by atoms with Gasteiger partial charge >= 0.3 is 0 Å². The molecule has 0 unspecified atom stereocenters. The summed E-state index contributed by atoms with van der Waals surface area (Å²) in [5.41, 5.74) is 8.02. The number of ether oxygens (including phenoxy) is 2. The highest BCUT2D eigenvalue weighted by Gasteiger charge is 2.41. The minimum atomic E-state index is -0.836. The van der Waals surface area contributed by atoms with Crippen LogP contribution in [0.5, 0.6) is 11.5 Å². The van der Waals surface area contributed by atoms with Crippen molar-refractivity contribution in [2.75, 3.05) is 25.6 Å². The monoisotopic (exact) mass is 854 g/mol. The van der Waals surface area contributed by atoms with Crippen molar-refractivity contribution in [2.45, 2.75) is 65.6 Å². The number of anilines is 1. The normalized spacial score (nSPS) is 14.2. The van der Waals surface area contributed by atoms with E-state index in [1.165, 1.54) is 7.11 Å². The van der Waals surface area contributed by atoms with Gasteiger partial charge in [0, 0.05) is 19.3 Å². The number of nitrogens with one attached hydrogen (secondary N) is 4. The van der Waals surface area contributed by atoms with E-state index >= 15 is 0 Å². The third-order valence-corrected chi connectivity index (χ3v) is 11.7. The van der Waals surface area contributed by atoms with Gasteiger partial charge in [-0.05, 0) is 89.9 Å². The van der Waals surface area contributed by atoms with Gasteiger partial charge in [-0.2, -0.15) is 5.10 Å². The number of hydrogen-bond donors (Lipinski definition) is 4. The van der Waals surface area contributed by atoms with E-state index in [-0.39, 0.29) is 42.4 Å². The van der Waals surface area contributed by atoms with Crippen LogP contribution in [0.3, 0.4) is 0 Å². The number of aryl methyl sites for hydroxylation is 1. The summed E-state index contributed by atoms with van der Waals surface area (Å²) in [6.45, 7) is 8.56. The fraction of sp³-hybridized carbons (Fsp3) is 0.298. The quantitative estimate of drug-likeness (QED) is 0.0817. The second-order valence-corrected chi connectivity index (χ2v) is 17.0. The van der Waals surface area contributed by atoms with E-state index < -0.39 is 17.5 Å². The number of aromatic nitrogens is 4. The average molecular weight is 855 g/mol. The number of H-pyrrole nitrogens is 1. The van der Waals surface area contributed by atoms with Crippen LogP contribution in [0.1, 0.15) is 61.8 Å². The number of carbonyl (C=O) groups is 4. The van der Waals surface area contributed by atoms with E-state index in [1.54, 1.807) is 52.8 Å². The van der Waals surface area contributed by atoms with Gasteiger partial charge in [0.2, 0.25) is 17.7 Å². The highest BCUT2D eigenvalue weighted by Crippen LogP contribution is 2.33. The van der Waals surface area contributed by atoms with Gasteiger partial charge in [0.05, 0.1) is 53.3 Å². The van der Waals surface area contributed by atoms with Crippen LogP contribution in [0.15, 0.2) is 103 Å². The van der Waals surface area contributed by atoms with Gasteiger partial charge in [0.1, 0.15) is 29.3 Å². The number of methoxy groups -OCH3 is 1. The topological polar surface area (TPSA) is 181 Å². The first-order chi connectivity index (χ1) is 29.9. The molecule has 1 aliphatic heterocycles. The van der Waals surface area contributed by atoms with Crippen molar-refractivity contribution < 1.29 is 28.7 Å². The molecule has 2 atom stereocenters. The smallest absolute Gasteiger partial charge is 0.274 e. The Balaban J connectivity index is 0.895. The van der Waals surface area contributed by atoms with Gasteiger partial charge in [-0.1, -0.05) is 69.3 Å². The van der Waals surface area contributed by atoms with E-state index in [0.29, 0.717) is 54.5 Å². The van der Waals surface area contributed by atoms with Gasteiger partial charge in [-0.3, -0.25) is 24.3 Å². The lowest BCUT2D eigenvalue weighted by Gasteiger charge is -2.35. The predicted octanol–water partition coefficient (Wildman–Crippen LogP) is 7.44. The minimum absolute atomic E-state index is 0.0280. The number of hydrogen-bond acceptors (Lipinski definition) is 10. The van der Waals surface area contributed by atoms with Crippen LogP contribution in [-0.2, 0) is 20.9 Å². The number of nitrogens with zero attached hydrogens (tertiary/aromatic N) is 4. The van der Waals surface area contributed by atoms with Crippen molar-refractivity contribution in [3.05, 3.63) is 120 Å². The third-order valence-electron chi connectivity index (χ3n) is 10.7. The van der Waals surface area contributed by atoms with Crippen LogP contribution in [0.2, 0.25) is 0 Å². The molecule has 0 saturated carbocycles. The van der Waals surface area contributed by atoms with Gasteiger partial charge in [0.15, 0.2) is 0 Å². The van der Waals surface area contributed by atoms with Crippen LogP contribution >= 0.6 is 11.3 Å².